The number of aryl methyl sites for hydroxylation is 1. The Morgan fingerprint density at radius 2 is 2.00 bits per heavy atom. The Labute approximate surface area is 189 Å². The molecule has 158 valence electrons. The van der Waals surface area contributed by atoms with Crippen LogP contribution in [-0.4, -0.2) is 35.9 Å². The van der Waals surface area contributed by atoms with E-state index in [1.165, 1.54) is 30.2 Å². The summed E-state index contributed by atoms with van der Waals surface area (Å²) in [7, 11) is 0. The number of thioether (sulfide) groups is 1. The summed E-state index contributed by atoms with van der Waals surface area (Å²) in [5.74, 6) is 1.97. The standard InChI is InChI=1S/C23H23N5OS2/c1-15-12-19(16(2)28(15)22-24-10-11-30-22)20(29)14-31-23-26-25-21(18-8-9-18)27(23)13-17-6-4-3-5-7-17/h3-7,10-12,18H,8-9,13-14H2,1-2H3. The average Bonchev–Trinajstić information content (AvgIpc) is 3.18. The van der Waals surface area contributed by atoms with Crippen molar-refractivity contribution in [1.29, 1.82) is 0 Å². The normalized spacial score (nSPS) is 13.6. The van der Waals surface area contributed by atoms with Crippen LogP contribution in [-0.2, 0) is 6.54 Å². The molecule has 0 unspecified atom stereocenters. The molecule has 0 saturated heterocycles. The summed E-state index contributed by atoms with van der Waals surface area (Å²) in [5.41, 5.74) is 3.91. The van der Waals surface area contributed by atoms with Crippen molar-refractivity contribution in [1.82, 2.24) is 24.3 Å². The number of hydrogen-bond donors (Lipinski definition) is 0. The number of benzene rings is 1. The Bertz CT molecular complexity index is 1210. The van der Waals surface area contributed by atoms with E-state index >= 15 is 0 Å². The first-order valence-corrected chi connectivity index (χ1v) is 12.2. The maximum atomic E-state index is 13.1. The molecule has 1 aromatic carbocycles. The van der Waals surface area contributed by atoms with E-state index in [-0.39, 0.29) is 5.78 Å². The number of carbonyl (C=O) groups is 1. The largest absolute Gasteiger partial charge is 0.301 e. The quantitative estimate of drug-likeness (QED) is 0.278. The highest BCUT2D eigenvalue weighted by atomic mass is 32.2. The van der Waals surface area contributed by atoms with Crippen LogP contribution in [0.25, 0.3) is 5.13 Å². The first kappa shape index (κ1) is 20.2. The second-order valence-corrected chi connectivity index (χ2v) is 9.65. The van der Waals surface area contributed by atoms with Crippen LogP contribution in [0.15, 0.2) is 53.1 Å². The Balaban J connectivity index is 1.36. The van der Waals surface area contributed by atoms with E-state index in [0.29, 0.717) is 11.7 Å². The zero-order chi connectivity index (χ0) is 21.4. The van der Waals surface area contributed by atoms with E-state index in [9.17, 15) is 4.79 Å². The summed E-state index contributed by atoms with van der Waals surface area (Å²) in [6.45, 7) is 4.72. The first-order valence-electron chi connectivity index (χ1n) is 10.3. The van der Waals surface area contributed by atoms with Gasteiger partial charge in [0.1, 0.15) is 5.82 Å². The van der Waals surface area contributed by atoms with Crippen molar-refractivity contribution in [2.75, 3.05) is 5.75 Å². The summed E-state index contributed by atoms with van der Waals surface area (Å²) in [6, 6.07) is 12.3. The smallest absolute Gasteiger partial charge is 0.193 e. The van der Waals surface area contributed by atoms with Crippen molar-refractivity contribution in [3.63, 3.8) is 0 Å². The Hall–Kier alpha value is -2.71. The molecule has 5 rings (SSSR count). The summed E-state index contributed by atoms with van der Waals surface area (Å²) < 4.78 is 4.23. The molecule has 8 heteroatoms. The summed E-state index contributed by atoms with van der Waals surface area (Å²) in [5, 5.41) is 12.5. The molecule has 3 heterocycles. The van der Waals surface area contributed by atoms with Crippen LogP contribution in [0.2, 0.25) is 0 Å². The lowest BCUT2D eigenvalue weighted by atomic mass is 10.2. The molecule has 31 heavy (non-hydrogen) atoms. The molecule has 0 bridgehead atoms. The number of Topliss-reactive ketones (excluding diaryl/α,β-unsaturated/α-hetero) is 1. The lowest BCUT2D eigenvalue weighted by Gasteiger charge is -2.10. The molecule has 0 aliphatic heterocycles. The summed E-state index contributed by atoms with van der Waals surface area (Å²) in [4.78, 5) is 17.5. The lowest BCUT2D eigenvalue weighted by molar-refractivity contribution is 0.102. The van der Waals surface area contributed by atoms with Gasteiger partial charge >= 0.3 is 0 Å². The summed E-state index contributed by atoms with van der Waals surface area (Å²) >= 11 is 3.04. The van der Waals surface area contributed by atoms with E-state index in [1.54, 1.807) is 17.5 Å². The first-order chi connectivity index (χ1) is 15.1. The van der Waals surface area contributed by atoms with Crippen molar-refractivity contribution in [3.05, 3.63) is 76.3 Å². The van der Waals surface area contributed by atoms with E-state index in [2.05, 4.69) is 31.9 Å². The van der Waals surface area contributed by atoms with Crippen LogP contribution < -0.4 is 0 Å². The number of carbonyl (C=O) groups excluding carboxylic acids is 1. The Kier molecular flexibility index (Phi) is 5.50. The zero-order valence-electron chi connectivity index (χ0n) is 17.5. The second-order valence-electron chi connectivity index (χ2n) is 7.83. The highest BCUT2D eigenvalue weighted by Gasteiger charge is 2.30. The summed E-state index contributed by atoms with van der Waals surface area (Å²) in [6.07, 6.45) is 4.12. The van der Waals surface area contributed by atoms with Gasteiger partial charge in [-0.25, -0.2) is 4.98 Å². The molecule has 1 aliphatic rings. The molecule has 4 aromatic rings. The molecular formula is C23H23N5OS2. The maximum Gasteiger partial charge on any atom is 0.193 e. The van der Waals surface area contributed by atoms with Gasteiger partial charge in [0.2, 0.25) is 0 Å². The van der Waals surface area contributed by atoms with Crippen molar-refractivity contribution >= 4 is 28.9 Å². The highest BCUT2D eigenvalue weighted by molar-refractivity contribution is 7.99. The number of hydrogen-bond acceptors (Lipinski definition) is 6. The van der Waals surface area contributed by atoms with Crippen molar-refractivity contribution in [2.24, 2.45) is 0 Å². The minimum absolute atomic E-state index is 0.100. The molecular weight excluding hydrogens is 426 g/mol. The predicted octanol–water partition coefficient (Wildman–Crippen LogP) is 5.04. The Morgan fingerprint density at radius 3 is 2.71 bits per heavy atom. The van der Waals surface area contributed by atoms with Gasteiger partial charge in [0, 0.05) is 34.4 Å². The fourth-order valence-electron chi connectivity index (χ4n) is 3.84. The molecule has 6 nitrogen and oxygen atoms in total. The number of ketones is 1. The van der Waals surface area contributed by atoms with E-state index < -0.39 is 0 Å². The molecule has 1 aliphatic carbocycles. The molecule has 0 spiro atoms. The fourth-order valence-corrected chi connectivity index (χ4v) is 5.42. The number of thiazole rings is 1. The number of rotatable bonds is 8. The fraction of sp³-hybridized carbons (Fsp3) is 0.304. The van der Waals surface area contributed by atoms with Crippen LogP contribution in [0.3, 0.4) is 0 Å². The molecule has 1 fully saturated rings. The minimum atomic E-state index is 0.100. The third-order valence-corrected chi connectivity index (χ3v) is 7.27. The third kappa shape index (κ3) is 4.09. The van der Waals surface area contributed by atoms with Crippen LogP contribution in [0.4, 0.5) is 0 Å². The van der Waals surface area contributed by atoms with E-state index in [1.807, 2.05) is 48.1 Å². The van der Waals surface area contributed by atoms with Gasteiger partial charge in [-0.05, 0) is 38.3 Å². The van der Waals surface area contributed by atoms with Gasteiger partial charge in [-0.3, -0.25) is 9.36 Å². The number of aromatic nitrogens is 5. The van der Waals surface area contributed by atoms with E-state index in [4.69, 9.17) is 0 Å². The molecule has 3 aromatic heterocycles. The molecule has 0 N–H and O–H groups in total. The van der Waals surface area contributed by atoms with Crippen LogP contribution in [0, 0.1) is 13.8 Å². The predicted molar refractivity (Wildman–Crippen MR) is 124 cm³/mol. The highest BCUT2D eigenvalue weighted by Crippen LogP contribution is 2.40. The van der Waals surface area contributed by atoms with Crippen LogP contribution in [0.1, 0.15) is 51.9 Å². The molecule has 0 radical (unpaired) electrons. The van der Waals surface area contributed by atoms with Gasteiger partial charge in [-0.1, -0.05) is 42.1 Å². The van der Waals surface area contributed by atoms with Gasteiger partial charge in [0.25, 0.3) is 0 Å². The second kappa shape index (κ2) is 8.43. The lowest BCUT2D eigenvalue weighted by Crippen LogP contribution is -2.09. The SMILES string of the molecule is Cc1cc(C(=O)CSc2nnc(C3CC3)n2Cc2ccccc2)c(C)n1-c1nccs1. The van der Waals surface area contributed by atoms with Crippen LogP contribution >= 0.6 is 23.1 Å². The zero-order valence-corrected chi connectivity index (χ0v) is 19.1. The van der Waals surface area contributed by atoms with Gasteiger partial charge in [0.15, 0.2) is 16.1 Å². The van der Waals surface area contributed by atoms with Gasteiger partial charge in [0.05, 0.1) is 12.3 Å². The topological polar surface area (TPSA) is 65.6 Å². The van der Waals surface area contributed by atoms with E-state index in [0.717, 1.165) is 39.6 Å². The van der Waals surface area contributed by atoms with Crippen molar-refractivity contribution in [2.45, 2.75) is 44.3 Å². The molecule has 0 atom stereocenters. The Morgan fingerprint density at radius 1 is 1.19 bits per heavy atom. The molecule has 0 amide bonds. The third-order valence-electron chi connectivity index (χ3n) is 5.55. The number of nitrogens with zero attached hydrogens (tertiary/aromatic N) is 5. The van der Waals surface area contributed by atoms with Crippen molar-refractivity contribution < 1.29 is 4.79 Å². The van der Waals surface area contributed by atoms with Crippen molar-refractivity contribution in [3.8, 4) is 5.13 Å². The average molecular weight is 450 g/mol. The minimum Gasteiger partial charge on any atom is -0.301 e. The van der Waals surface area contributed by atoms with Gasteiger partial charge < -0.3 is 4.57 Å². The van der Waals surface area contributed by atoms with Crippen LogP contribution in [0.5, 0.6) is 0 Å². The van der Waals surface area contributed by atoms with Gasteiger partial charge in [-0.2, -0.15) is 0 Å². The van der Waals surface area contributed by atoms with Gasteiger partial charge in [-0.15, -0.1) is 21.5 Å². The maximum absolute atomic E-state index is 13.1. The molecule has 1 saturated carbocycles. The monoisotopic (exact) mass is 449 g/mol.